The number of β-lactam (4-membered cyclic amide) rings is 1. The Morgan fingerprint density at radius 3 is 2.24 bits per heavy atom. The normalized spacial score (nSPS) is 19.0. The topological polar surface area (TPSA) is 180 Å². The number of carbonyl (C=O) groups excluding carboxylic acids is 3. The van der Waals surface area contributed by atoms with E-state index in [9.17, 15) is 24.3 Å². The van der Waals surface area contributed by atoms with Crippen LogP contribution >= 0.6 is 11.8 Å². The van der Waals surface area contributed by atoms with Crippen LogP contribution in [0.4, 0.5) is 5.95 Å². The summed E-state index contributed by atoms with van der Waals surface area (Å²) in [5, 5.41) is 14.9. The SMILES string of the molecule is CC1(C)S[C@@H]2[C@H](NC(=O)COc3ccccc3)C(=O)N2[C@H]1C(=O)O.CCCCCCC(CCCCCC)NC(=O)CCCc1cnc(N)[nH]1. The Labute approximate surface area is 295 Å². The van der Waals surface area contributed by atoms with Gasteiger partial charge in [0, 0.05) is 22.9 Å². The molecule has 13 heteroatoms. The molecular weight excluding hydrogens is 644 g/mol. The van der Waals surface area contributed by atoms with Gasteiger partial charge in [-0.15, -0.1) is 11.8 Å². The number of rotatable bonds is 20. The highest BCUT2D eigenvalue weighted by Gasteiger charge is 2.64. The second kappa shape index (κ2) is 20.1. The van der Waals surface area contributed by atoms with Gasteiger partial charge in [0.25, 0.3) is 5.91 Å². The highest BCUT2D eigenvalue weighted by atomic mass is 32.2. The Morgan fingerprint density at radius 1 is 1.02 bits per heavy atom. The van der Waals surface area contributed by atoms with Crippen LogP contribution in [0.3, 0.4) is 0 Å². The molecule has 2 aliphatic rings. The Balaban J connectivity index is 0.000000265. The number of para-hydroxylation sites is 1. The van der Waals surface area contributed by atoms with E-state index in [0.717, 1.165) is 31.4 Å². The molecule has 6 N–H and O–H groups in total. The Kier molecular flexibility index (Phi) is 16.3. The number of carboxylic acids is 1. The summed E-state index contributed by atoms with van der Waals surface area (Å²) in [6.45, 7) is 7.85. The van der Waals surface area contributed by atoms with Crippen LogP contribution in [-0.4, -0.2) is 78.5 Å². The second-order valence-electron chi connectivity index (χ2n) is 13.4. The van der Waals surface area contributed by atoms with E-state index < -0.39 is 28.7 Å². The molecule has 272 valence electrons. The van der Waals surface area contributed by atoms with Crippen molar-refractivity contribution < 1.29 is 29.0 Å². The average molecular weight is 701 g/mol. The average Bonchev–Trinajstić information content (AvgIpc) is 3.60. The summed E-state index contributed by atoms with van der Waals surface area (Å²) in [4.78, 5) is 56.3. The fourth-order valence-corrected chi connectivity index (χ4v) is 7.82. The zero-order valence-corrected chi connectivity index (χ0v) is 30.4. The van der Waals surface area contributed by atoms with E-state index in [1.165, 1.54) is 68.0 Å². The number of anilines is 1. The van der Waals surface area contributed by atoms with Gasteiger partial charge in [-0.05, 0) is 51.7 Å². The first-order valence-corrected chi connectivity index (χ1v) is 18.6. The van der Waals surface area contributed by atoms with Crippen LogP contribution in [0.15, 0.2) is 36.5 Å². The molecule has 0 aliphatic carbocycles. The van der Waals surface area contributed by atoms with Gasteiger partial charge in [0.15, 0.2) is 12.6 Å². The minimum Gasteiger partial charge on any atom is -0.484 e. The zero-order valence-electron chi connectivity index (χ0n) is 29.5. The van der Waals surface area contributed by atoms with Gasteiger partial charge in [0.05, 0.1) is 6.20 Å². The van der Waals surface area contributed by atoms with Crippen LogP contribution in [0.5, 0.6) is 5.75 Å². The number of nitrogen functional groups attached to an aromatic ring is 1. The molecule has 2 saturated heterocycles. The number of thioether (sulfide) groups is 1. The quantitative estimate of drug-likeness (QED) is 0.0889. The standard InChI is InChI=1S/C20H38N4O.C16H18N2O5S/c1-3-5-7-9-12-17(13-10-8-6-4-2)23-19(25)15-11-14-18-16-22-20(21)24-18;1-16(2)12(15(21)22)18-13(20)11(14(18)24-16)17-10(19)8-23-9-6-4-3-5-7-9/h16-17H,3-15H2,1-2H3,(H,23,25)(H3,21,22,24);3-7,11-12,14H,8H2,1-2H3,(H,17,19)(H,21,22)/t;11-,12+,14-/m.1/s1. The fraction of sp³-hybridized carbons (Fsp3) is 0.639. The maximum absolute atomic E-state index is 12.3. The van der Waals surface area contributed by atoms with Crippen LogP contribution in [0.25, 0.3) is 0 Å². The maximum Gasteiger partial charge on any atom is 0.327 e. The van der Waals surface area contributed by atoms with Crippen LogP contribution in [-0.2, 0) is 25.6 Å². The first-order valence-electron chi connectivity index (χ1n) is 17.8. The summed E-state index contributed by atoms with van der Waals surface area (Å²) >= 11 is 1.39. The number of benzene rings is 1. The van der Waals surface area contributed by atoms with E-state index in [4.69, 9.17) is 10.5 Å². The molecule has 0 radical (unpaired) electrons. The summed E-state index contributed by atoms with van der Waals surface area (Å²) in [5.41, 5.74) is 6.57. The van der Waals surface area contributed by atoms with Gasteiger partial charge in [0.2, 0.25) is 11.8 Å². The van der Waals surface area contributed by atoms with Crippen molar-refractivity contribution in [3.8, 4) is 5.75 Å². The van der Waals surface area contributed by atoms with Crippen LogP contribution < -0.4 is 21.1 Å². The van der Waals surface area contributed by atoms with Gasteiger partial charge in [-0.1, -0.05) is 83.4 Å². The lowest BCUT2D eigenvalue weighted by atomic mass is 9.96. The van der Waals surface area contributed by atoms with Crippen molar-refractivity contribution in [2.45, 2.75) is 139 Å². The highest BCUT2D eigenvalue weighted by Crippen LogP contribution is 2.50. The highest BCUT2D eigenvalue weighted by molar-refractivity contribution is 8.01. The number of amides is 3. The molecule has 1 aromatic heterocycles. The third-order valence-corrected chi connectivity index (χ3v) is 10.4. The molecule has 3 amide bonds. The fourth-order valence-electron chi connectivity index (χ4n) is 6.19. The van der Waals surface area contributed by atoms with Gasteiger partial charge >= 0.3 is 5.97 Å². The lowest BCUT2D eigenvalue weighted by Crippen LogP contribution is -2.70. The molecule has 3 atom stereocenters. The van der Waals surface area contributed by atoms with Crippen LogP contribution in [0, 0.1) is 0 Å². The number of hydrogen-bond acceptors (Lipinski definition) is 8. The molecular formula is C36H56N6O6S. The lowest BCUT2D eigenvalue weighted by Gasteiger charge is -2.43. The molecule has 0 spiro atoms. The van der Waals surface area contributed by atoms with Gasteiger partial charge in [0.1, 0.15) is 23.2 Å². The molecule has 1 aromatic carbocycles. The number of aryl methyl sites for hydroxylation is 1. The number of aromatic amines is 1. The first-order chi connectivity index (χ1) is 23.5. The number of H-pyrrole nitrogens is 1. The third-order valence-electron chi connectivity index (χ3n) is 8.78. The van der Waals surface area contributed by atoms with Gasteiger partial charge < -0.3 is 36.1 Å². The van der Waals surface area contributed by atoms with Crippen molar-refractivity contribution in [3.05, 3.63) is 42.2 Å². The molecule has 2 aromatic rings. The second-order valence-corrected chi connectivity index (χ2v) is 15.1. The number of aromatic nitrogens is 2. The summed E-state index contributed by atoms with van der Waals surface area (Å²) < 4.78 is 4.74. The van der Waals surface area contributed by atoms with Gasteiger partial charge in [-0.2, -0.15) is 0 Å². The van der Waals surface area contributed by atoms with E-state index in [0.29, 0.717) is 24.2 Å². The molecule has 12 nitrogen and oxygen atoms in total. The first kappa shape index (κ1) is 39.7. The number of nitrogens with two attached hydrogens (primary N) is 1. The molecule has 49 heavy (non-hydrogen) atoms. The van der Waals surface area contributed by atoms with Crippen molar-refractivity contribution >= 4 is 41.4 Å². The van der Waals surface area contributed by atoms with Crippen LogP contribution in [0.1, 0.15) is 110 Å². The van der Waals surface area contributed by atoms with E-state index in [2.05, 4.69) is 34.4 Å². The number of nitrogens with one attached hydrogen (secondary N) is 3. The molecule has 2 fully saturated rings. The molecule has 4 rings (SSSR count). The zero-order chi connectivity index (χ0) is 35.8. The third kappa shape index (κ3) is 12.6. The number of nitrogens with zero attached hydrogens (tertiary/aromatic N) is 2. The number of aliphatic carboxylic acids is 1. The lowest BCUT2D eigenvalue weighted by molar-refractivity contribution is -0.161. The van der Waals surface area contributed by atoms with Crippen molar-refractivity contribution in [3.63, 3.8) is 0 Å². The smallest absolute Gasteiger partial charge is 0.327 e. The number of ether oxygens (including phenoxy) is 1. The number of fused-ring (bicyclic) bond motifs is 1. The molecule has 0 saturated carbocycles. The van der Waals surface area contributed by atoms with E-state index >= 15 is 0 Å². The van der Waals surface area contributed by atoms with E-state index in [-0.39, 0.29) is 23.8 Å². The van der Waals surface area contributed by atoms with Crippen molar-refractivity contribution in [2.24, 2.45) is 0 Å². The molecule has 3 heterocycles. The minimum atomic E-state index is -1.03. The monoisotopic (exact) mass is 700 g/mol. The number of carbonyl (C=O) groups is 4. The van der Waals surface area contributed by atoms with E-state index in [1.54, 1.807) is 44.3 Å². The van der Waals surface area contributed by atoms with Crippen molar-refractivity contribution in [1.29, 1.82) is 0 Å². The summed E-state index contributed by atoms with van der Waals surface area (Å²) in [5.74, 6) is -0.605. The Hall–Kier alpha value is -3.74. The number of unbranched alkanes of at least 4 members (excludes halogenated alkanes) is 6. The van der Waals surface area contributed by atoms with Gasteiger partial charge in [-0.25, -0.2) is 9.78 Å². The largest absolute Gasteiger partial charge is 0.484 e. The van der Waals surface area contributed by atoms with Crippen LogP contribution in [0.2, 0.25) is 0 Å². The van der Waals surface area contributed by atoms with Gasteiger partial charge in [-0.3, -0.25) is 14.4 Å². The maximum atomic E-state index is 12.3. The van der Waals surface area contributed by atoms with Crippen molar-refractivity contribution in [1.82, 2.24) is 25.5 Å². The summed E-state index contributed by atoms with van der Waals surface area (Å²) in [7, 11) is 0. The van der Waals surface area contributed by atoms with Crippen molar-refractivity contribution in [2.75, 3.05) is 12.3 Å². The predicted molar refractivity (Wildman–Crippen MR) is 193 cm³/mol. The summed E-state index contributed by atoms with van der Waals surface area (Å²) in [6.07, 6.45) is 16.3. The number of hydrogen-bond donors (Lipinski definition) is 5. The molecule has 0 unspecified atom stereocenters. The number of imidazole rings is 1. The Morgan fingerprint density at radius 2 is 1.67 bits per heavy atom. The minimum absolute atomic E-state index is 0.184. The predicted octanol–water partition coefficient (Wildman–Crippen LogP) is 5.44. The molecule has 2 aliphatic heterocycles. The molecule has 0 bridgehead atoms. The summed E-state index contributed by atoms with van der Waals surface area (Å²) in [6, 6.07) is 7.66. The Bertz CT molecular complexity index is 1330. The number of carboxylic acid groups (broad SMARTS) is 1. The van der Waals surface area contributed by atoms with E-state index in [1.807, 2.05) is 6.07 Å².